The smallest absolute Gasteiger partial charge is 0.255 e. The number of hydrogen-bond donors (Lipinski definition) is 3. The molecule has 8 heteroatoms. The molecule has 144 valence electrons. The highest BCUT2D eigenvalue weighted by molar-refractivity contribution is 5.75. The molecule has 1 aliphatic heterocycles. The number of carbonyl (C=O) groups excluding carboxylic acids is 1. The first kappa shape index (κ1) is 18.1. The third-order valence-electron chi connectivity index (χ3n) is 4.60. The van der Waals surface area contributed by atoms with Gasteiger partial charge in [0.15, 0.2) is 6.61 Å². The van der Waals surface area contributed by atoms with Gasteiger partial charge in [0, 0.05) is 0 Å². The number of nitriles is 1. The molecular formula is C21H17N5O3. The van der Waals surface area contributed by atoms with Crippen molar-refractivity contribution in [3.05, 3.63) is 77.2 Å². The van der Waals surface area contributed by atoms with Gasteiger partial charge in [-0.15, -0.1) is 5.10 Å². The number of hydrogen-bond acceptors (Lipinski definition) is 6. The van der Waals surface area contributed by atoms with E-state index < -0.39 is 11.8 Å². The van der Waals surface area contributed by atoms with Crippen molar-refractivity contribution >= 4 is 5.91 Å². The van der Waals surface area contributed by atoms with Gasteiger partial charge in [0.25, 0.3) is 5.91 Å². The lowest BCUT2D eigenvalue weighted by Gasteiger charge is -2.24. The lowest BCUT2D eigenvalue weighted by atomic mass is 9.83. The molecule has 0 saturated carbocycles. The molecule has 2 heterocycles. The second-order valence-electron chi connectivity index (χ2n) is 6.43. The van der Waals surface area contributed by atoms with Crippen LogP contribution in [0.2, 0.25) is 0 Å². The third-order valence-corrected chi connectivity index (χ3v) is 4.60. The molecule has 0 unspecified atom stereocenters. The summed E-state index contributed by atoms with van der Waals surface area (Å²) in [4.78, 5) is 10.9. The second kappa shape index (κ2) is 7.40. The van der Waals surface area contributed by atoms with Gasteiger partial charge >= 0.3 is 0 Å². The largest absolute Gasteiger partial charge is 0.484 e. The molecule has 3 aromatic rings. The first-order valence-corrected chi connectivity index (χ1v) is 8.80. The second-order valence-corrected chi connectivity index (χ2v) is 6.43. The number of benzene rings is 2. The van der Waals surface area contributed by atoms with E-state index in [0.717, 1.165) is 22.4 Å². The normalized spacial score (nSPS) is 15.2. The molecule has 8 nitrogen and oxygen atoms in total. The number of aromatic amines is 1. The van der Waals surface area contributed by atoms with Gasteiger partial charge in [-0.2, -0.15) is 5.26 Å². The fraction of sp³-hybridized carbons (Fsp3) is 0.0952. The lowest BCUT2D eigenvalue weighted by Crippen LogP contribution is -2.21. The summed E-state index contributed by atoms with van der Waals surface area (Å²) in [6.07, 6.45) is 0. The van der Waals surface area contributed by atoms with Crippen LogP contribution < -0.4 is 20.9 Å². The minimum atomic E-state index is -0.559. The van der Waals surface area contributed by atoms with E-state index in [1.165, 1.54) is 0 Å². The molecule has 4 rings (SSSR count). The molecule has 1 atom stereocenters. The van der Waals surface area contributed by atoms with E-state index in [9.17, 15) is 10.1 Å². The highest BCUT2D eigenvalue weighted by Gasteiger charge is 2.35. The maximum Gasteiger partial charge on any atom is 0.255 e. The molecule has 1 amide bonds. The summed E-state index contributed by atoms with van der Waals surface area (Å²) < 4.78 is 10.9. The number of nitrogens with one attached hydrogen (secondary N) is 1. The van der Waals surface area contributed by atoms with Gasteiger partial charge in [0.2, 0.25) is 11.8 Å². The number of rotatable bonds is 5. The summed E-state index contributed by atoms with van der Waals surface area (Å²) in [6.45, 7) is -0.211. The highest BCUT2D eigenvalue weighted by Crippen LogP contribution is 2.45. The van der Waals surface area contributed by atoms with Crippen LogP contribution in [0.25, 0.3) is 11.3 Å². The van der Waals surface area contributed by atoms with Gasteiger partial charge in [-0.1, -0.05) is 42.5 Å². The summed E-state index contributed by atoms with van der Waals surface area (Å²) in [6, 6.07) is 18.8. The molecule has 0 saturated heterocycles. The number of primary amides is 1. The summed E-state index contributed by atoms with van der Waals surface area (Å²) in [5, 5.41) is 17.0. The summed E-state index contributed by atoms with van der Waals surface area (Å²) in [7, 11) is 0. The third kappa shape index (κ3) is 3.37. The van der Waals surface area contributed by atoms with Crippen LogP contribution in [0, 0.1) is 11.3 Å². The molecule has 29 heavy (non-hydrogen) atoms. The first-order valence-electron chi connectivity index (χ1n) is 8.80. The Kier molecular flexibility index (Phi) is 4.63. The monoisotopic (exact) mass is 387 g/mol. The quantitative estimate of drug-likeness (QED) is 0.613. The first-order chi connectivity index (χ1) is 14.1. The number of nitrogens with zero attached hydrogens (tertiary/aromatic N) is 2. The van der Waals surface area contributed by atoms with E-state index in [0.29, 0.717) is 17.2 Å². The molecule has 1 aromatic heterocycles. The standard InChI is InChI=1S/C21H17N5O3/c22-10-15-17(12-6-8-14(9-7-12)28-11-16(23)27)18-19(13-4-2-1-3-5-13)25-26-21(18)29-20(15)24/h1-9,17H,11,24H2,(H2,23,27)(H,25,26)/t17-/m0/s1. The minimum absolute atomic E-state index is 0.0187. The maximum absolute atomic E-state index is 10.9. The molecule has 2 aromatic carbocycles. The van der Waals surface area contributed by atoms with Crippen LogP contribution in [-0.2, 0) is 4.79 Å². The Morgan fingerprint density at radius 3 is 2.59 bits per heavy atom. The molecule has 1 aliphatic rings. The molecule has 0 fully saturated rings. The van der Waals surface area contributed by atoms with E-state index in [1.807, 2.05) is 42.5 Å². The van der Waals surface area contributed by atoms with Crippen LogP contribution in [0.5, 0.6) is 11.6 Å². The van der Waals surface area contributed by atoms with Crippen molar-refractivity contribution in [1.29, 1.82) is 5.26 Å². The zero-order valence-corrected chi connectivity index (χ0v) is 15.3. The Labute approximate surface area is 166 Å². The highest BCUT2D eigenvalue weighted by atomic mass is 16.5. The van der Waals surface area contributed by atoms with Gasteiger partial charge in [0.1, 0.15) is 17.4 Å². The molecule has 0 radical (unpaired) electrons. The number of aromatic nitrogens is 2. The molecule has 0 bridgehead atoms. The summed E-state index contributed by atoms with van der Waals surface area (Å²) in [5.41, 5.74) is 14.6. The van der Waals surface area contributed by atoms with Crippen LogP contribution in [-0.4, -0.2) is 22.7 Å². The minimum Gasteiger partial charge on any atom is -0.484 e. The number of allylic oxidation sites excluding steroid dienone is 1. The zero-order valence-electron chi connectivity index (χ0n) is 15.3. The molecular weight excluding hydrogens is 370 g/mol. The average molecular weight is 387 g/mol. The van der Waals surface area contributed by atoms with Crippen LogP contribution >= 0.6 is 0 Å². The topological polar surface area (TPSA) is 140 Å². The van der Waals surface area contributed by atoms with Crippen LogP contribution in [0.3, 0.4) is 0 Å². The lowest BCUT2D eigenvalue weighted by molar-refractivity contribution is -0.119. The van der Waals surface area contributed by atoms with Crippen LogP contribution in [0.1, 0.15) is 17.0 Å². The van der Waals surface area contributed by atoms with Crippen molar-refractivity contribution in [1.82, 2.24) is 10.2 Å². The van der Waals surface area contributed by atoms with E-state index in [2.05, 4.69) is 16.3 Å². The van der Waals surface area contributed by atoms with Crippen molar-refractivity contribution in [3.8, 4) is 29.0 Å². The number of amides is 1. The van der Waals surface area contributed by atoms with Crippen molar-refractivity contribution in [3.63, 3.8) is 0 Å². The number of H-pyrrole nitrogens is 1. The summed E-state index contributed by atoms with van der Waals surface area (Å²) in [5.74, 6) is -0.185. The van der Waals surface area contributed by atoms with Gasteiger partial charge in [0.05, 0.1) is 17.2 Å². The van der Waals surface area contributed by atoms with Crippen molar-refractivity contribution in [2.45, 2.75) is 5.92 Å². The van der Waals surface area contributed by atoms with Crippen LogP contribution in [0.4, 0.5) is 0 Å². The Hall–Kier alpha value is -4.25. The number of carbonyl (C=O) groups is 1. The Morgan fingerprint density at radius 1 is 1.21 bits per heavy atom. The van der Waals surface area contributed by atoms with Gasteiger partial charge in [-0.25, -0.2) is 0 Å². The fourth-order valence-electron chi connectivity index (χ4n) is 3.31. The van der Waals surface area contributed by atoms with Crippen LogP contribution in [0.15, 0.2) is 66.1 Å². The number of fused-ring (bicyclic) bond motifs is 1. The number of ether oxygens (including phenoxy) is 2. The van der Waals surface area contributed by atoms with Gasteiger partial charge < -0.3 is 20.9 Å². The van der Waals surface area contributed by atoms with Crippen molar-refractivity contribution < 1.29 is 14.3 Å². The maximum atomic E-state index is 10.9. The predicted molar refractivity (Wildman–Crippen MR) is 104 cm³/mol. The Bertz CT molecular complexity index is 1130. The molecule has 5 N–H and O–H groups in total. The summed E-state index contributed by atoms with van der Waals surface area (Å²) >= 11 is 0. The molecule has 0 spiro atoms. The van der Waals surface area contributed by atoms with Crippen molar-refractivity contribution in [2.24, 2.45) is 11.5 Å². The SMILES string of the molecule is N#CC1=C(N)Oc2n[nH]c(-c3ccccc3)c2[C@H]1c1ccc(OCC(N)=O)cc1. The fourth-order valence-corrected chi connectivity index (χ4v) is 3.31. The molecule has 0 aliphatic carbocycles. The van der Waals surface area contributed by atoms with Gasteiger partial charge in [-0.05, 0) is 23.3 Å². The predicted octanol–water partition coefficient (Wildman–Crippen LogP) is 2.16. The number of nitrogens with two attached hydrogens (primary N) is 2. The van der Waals surface area contributed by atoms with E-state index in [-0.39, 0.29) is 12.5 Å². The van der Waals surface area contributed by atoms with E-state index in [1.54, 1.807) is 12.1 Å². The average Bonchev–Trinajstić information content (AvgIpc) is 3.15. The zero-order chi connectivity index (χ0) is 20.4. The van der Waals surface area contributed by atoms with E-state index in [4.69, 9.17) is 20.9 Å². The van der Waals surface area contributed by atoms with Crippen molar-refractivity contribution in [2.75, 3.05) is 6.61 Å². The van der Waals surface area contributed by atoms with Gasteiger partial charge in [-0.3, -0.25) is 9.89 Å². The Balaban J connectivity index is 1.79. The Morgan fingerprint density at radius 2 is 1.93 bits per heavy atom. The van der Waals surface area contributed by atoms with E-state index >= 15 is 0 Å².